The summed E-state index contributed by atoms with van der Waals surface area (Å²) in [5.41, 5.74) is 2.13. The van der Waals surface area contributed by atoms with Crippen molar-refractivity contribution in [1.29, 1.82) is 0 Å². The Morgan fingerprint density at radius 2 is 1.77 bits per heavy atom. The van der Waals surface area contributed by atoms with Crippen LogP contribution in [0.1, 0.15) is 37.3 Å². The van der Waals surface area contributed by atoms with Gasteiger partial charge in [0.25, 0.3) is 0 Å². The molecule has 0 fully saturated rings. The number of carbonyl (C=O) groups is 2. The van der Waals surface area contributed by atoms with Crippen molar-refractivity contribution in [2.75, 3.05) is 25.7 Å². The van der Waals surface area contributed by atoms with Crippen molar-refractivity contribution in [1.82, 2.24) is 4.42 Å². The van der Waals surface area contributed by atoms with Crippen molar-refractivity contribution >= 4 is 29.5 Å². The molecule has 0 radical (unpaired) electrons. The molecule has 1 heterocycles. The third kappa shape index (κ3) is 4.71. The lowest BCUT2D eigenvalue weighted by Crippen LogP contribution is -2.46. The Kier molecular flexibility index (Phi) is 7.28. The zero-order valence-electron chi connectivity index (χ0n) is 18.1. The topological polar surface area (TPSA) is 68.3 Å². The highest BCUT2D eigenvalue weighted by atomic mass is 35.5. The molecule has 0 aliphatic carbocycles. The highest BCUT2D eigenvalue weighted by Crippen LogP contribution is 2.45. The van der Waals surface area contributed by atoms with E-state index >= 15 is 0 Å². The summed E-state index contributed by atoms with van der Waals surface area (Å²) in [6.07, 6.45) is -0.0700. The number of halogens is 1. The summed E-state index contributed by atoms with van der Waals surface area (Å²) in [6.45, 7) is 4.16. The van der Waals surface area contributed by atoms with Crippen LogP contribution in [0.2, 0.25) is 0 Å². The first-order valence-corrected chi connectivity index (χ1v) is 10.5. The summed E-state index contributed by atoms with van der Waals surface area (Å²) in [6, 6.07) is 12.7. The van der Waals surface area contributed by atoms with Gasteiger partial charge >= 0.3 is 6.09 Å². The highest BCUT2D eigenvalue weighted by Gasteiger charge is 2.40. The van der Waals surface area contributed by atoms with Crippen LogP contribution in [0, 0.1) is 0 Å². The van der Waals surface area contributed by atoms with Crippen LogP contribution in [0.5, 0.6) is 11.5 Å². The summed E-state index contributed by atoms with van der Waals surface area (Å²) in [5, 5.41) is 0. The number of ether oxygens (including phenoxy) is 3. The van der Waals surface area contributed by atoms with Crippen LogP contribution in [0.4, 0.5) is 10.5 Å². The molecule has 31 heavy (non-hydrogen) atoms. The van der Waals surface area contributed by atoms with Crippen LogP contribution >= 0.6 is 11.8 Å². The second kappa shape index (κ2) is 9.92. The Morgan fingerprint density at radius 3 is 2.39 bits per heavy atom. The largest absolute Gasteiger partial charge is 0.493 e. The molecule has 0 N–H and O–H groups in total. The number of carbonyl (C=O) groups excluding carboxylic acids is 2. The first-order valence-electron chi connectivity index (χ1n) is 10.1. The lowest BCUT2D eigenvalue weighted by molar-refractivity contribution is -0.128. The van der Waals surface area contributed by atoms with Crippen LogP contribution in [-0.4, -0.2) is 43.3 Å². The quantitative estimate of drug-likeness (QED) is 0.600. The van der Waals surface area contributed by atoms with Gasteiger partial charge in [0.1, 0.15) is 0 Å². The van der Waals surface area contributed by atoms with Crippen LogP contribution in [0.15, 0.2) is 42.5 Å². The molecule has 2 aromatic carbocycles. The predicted octanol–water partition coefficient (Wildman–Crippen LogP) is 4.73. The molecule has 1 aliphatic rings. The fourth-order valence-electron chi connectivity index (χ4n) is 3.88. The normalized spacial score (nSPS) is 17.5. The van der Waals surface area contributed by atoms with Crippen molar-refractivity contribution in [2.45, 2.75) is 38.8 Å². The second-order valence-corrected chi connectivity index (χ2v) is 7.72. The van der Waals surface area contributed by atoms with Crippen molar-refractivity contribution in [3.63, 3.8) is 0 Å². The molecule has 2 aromatic rings. The van der Waals surface area contributed by atoms with Gasteiger partial charge in [-0.3, -0.25) is 9.69 Å². The summed E-state index contributed by atoms with van der Waals surface area (Å²) in [7, 11) is 3.05. The molecular weight excluding hydrogens is 420 g/mol. The van der Waals surface area contributed by atoms with Gasteiger partial charge in [0.2, 0.25) is 5.91 Å². The molecular formula is C23H27ClN2O5. The van der Waals surface area contributed by atoms with Gasteiger partial charge in [-0.1, -0.05) is 30.3 Å². The van der Waals surface area contributed by atoms with Gasteiger partial charge in [0.05, 0.1) is 39.0 Å². The Labute approximate surface area is 187 Å². The molecule has 0 saturated carbocycles. The number of nitrogens with zero attached hydrogens (tertiary/aromatic N) is 2. The second-order valence-electron chi connectivity index (χ2n) is 7.32. The van der Waals surface area contributed by atoms with E-state index in [0.29, 0.717) is 29.2 Å². The maximum absolute atomic E-state index is 13.4. The first kappa shape index (κ1) is 22.7. The number of rotatable bonds is 6. The number of hydrogen-bond acceptors (Lipinski definition) is 5. The zero-order valence-corrected chi connectivity index (χ0v) is 18.9. The third-order valence-corrected chi connectivity index (χ3v) is 5.64. The van der Waals surface area contributed by atoms with Crippen LogP contribution in [0.3, 0.4) is 0 Å². The molecule has 8 heteroatoms. The van der Waals surface area contributed by atoms with E-state index in [2.05, 4.69) is 0 Å². The van der Waals surface area contributed by atoms with Crippen LogP contribution < -0.4 is 14.4 Å². The Balaban J connectivity index is 2.01. The number of amides is 2. The number of methoxy groups -OCH3 is 2. The Morgan fingerprint density at radius 1 is 1.13 bits per heavy atom. The number of benzene rings is 2. The zero-order chi connectivity index (χ0) is 22.5. The van der Waals surface area contributed by atoms with E-state index in [1.807, 2.05) is 37.3 Å². The molecule has 0 saturated heterocycles. The lowest BCUT2D eigenvalue weighted by Gasteiger charge is -2.39. The summed E-state index contributed by atoms with van der Waals surface area (Å²) in [5.74, 6) is 0.149. The van der Waals surface area contributed by atoms with Gasteiger partial charge in [-0.05, 0) is 37.5 Å². The van der Waals surface area contributed by atoms with Crippen LogP contribution in [-0.2, 0) is 16.1 Å². The van der Waals surface area contributed by atoms with Gasteiger partial charge in [0, 0.05) is 23.9 Å². The minimum Gasteiger partial charge on any atom is -0.493 e. The van der Waals surface area contributed by atoms with E-state index in [4.69, 9.17) is 26.0 Å². The van der Waals surface area contributed by atoms with Gasteiger partial charge in [-0.2, -0.15) is 0 Å². The fraction of sp³-hybridized carbons (Fsp3) is 0.391. The molecule has 0 aromatic heterocycles. The monoisotopic (exact) mass is 446 g/mol. The van der Waals surface area contributed by atoms with Gasteiger partial charge in [-0.15, -0.1) is 0 Å². The Bertz CT molecular complexity index is 937. The average Bonchev–Trinajstić information content (AvgIpc) is 2.77. The summed E-state index contributed by atoms with van der Waals surface area (Å²) >= 11 is 6.42. The van der Waals surface area contributed by atoms with Crippen molar-refractivity contribution in [2.24, 2.45) is 0 Å². The molecule has 166 valence electrons. The lowest BCUT2D eigenvalue weighted by atomic mass is 9.85. The van der Waals surface area contributed by atoms with E-state index in [9.17, 15) is 9.59 Å². The highest BCUT2D eigenvalue weighted by molar-refractivity contribution is 6.22. The third-order valence-electron chi connectivity index (χ3n) is 5.35. The van der Waals surface area contributed by atoms with Gasteiger partial charge < -0.3 is 14.2 Å². The van der Waals surface area contributed by atoms with Gasteiger partial charge in [-0.25, -0.2) is 9.21 Å². The molecule has 7 nitrogen and oxygen atoms in total. The SMILES string of the molecule is CCOC(=O)N1c2cc(OC)c(OC)cc2C(C(=O)N(Cl)Cc2ccccc2)CC1C. The maximum atomic E-state index is 13.4. The summed E-state index contributed by atoms with van der Waals surface area (Å²) in [4.78, 5) is 27.6. The number of anilines is 1. The first-order chi connectivity index (χ1) is 14.9. The van der Waals surface area contributed by atoms with E-state index in [-0.39, 0.29) is 25.1 Å². The minimum atomic E-state index is -0.545. The smallest absolute Gasteiger partial charge is 0.414 e. The molecule has 3 rings (SSSR count). The molecule has 0 spiro atoms. The van der Waals surface area contributed by atoms with Crippen molar-refractivity contribution < 1.29 is 23.8 Å². The van der Waals surface area contributed by atoms with E-state index in [1.54, 1.807) is 24.0 Å². The molecule has 1 aliphatic heterocycles. The predicted molar refractivity (Wildman–Crippen MR) is 119 cm³/mol. The van der Waals surface area contributed by atoms with E-state index in [0.717, 1.165) is 5.56 Å². The fourth-order valence-corrected chi connectivity index (χ4v) is 4.13. The van der Waals surface area contributed by atoms with Crippen molar-refractivity contribution in [3.8, 4) is 11.5 Å². The maximum Gasteiger partial charge on any atom is 0.414 e. The molecule has 0 bridgehead atoms. The number of hydrogen-bond donors (Lipinski definition) is 0. The number of fused-ring (bicyclic) bond motifs is 1. The molecule has 2 atom stereocenters. The molecule has 2 amide bonds. The standard InChI is InChI=1S/C23H27ClN2O5/c1-5-31-23(28)26-15(2)11-18(17-12-20(29-3)21(30-4)13-19(17)26)22(27)25(24)14-16-9-7-6-8-10-16/h6-10,12-13,15,18H,5,11,14H2,1-4H3. The average molecular weight is 447 g/mol. The Hall–Kier alpha value is -2.93. The molecule has 2 unspecified atom stereocenters. The van der Waals surface area contributed by atoms with Gasteiger partial charge in [0.15, 0.2) is 11.5 Å². The van der Waals surface area contributed by atoms with Crippen molar-refractivity contribution in [3.05, 3.63) is 53.6 Å². The van der Waals surface area contributed by atoms with Crippen LogP contribution in [0.25, 0.3) is 0 Å². The van der Waals surface area contributed by atoms with E-state index < -0.39 is 12.0 Å². The van der Waals surface area contributed by atoms with E-state index in [1.165, 1.54) is 18.6 Å². The minimum absolute atomic E-state index is 0.241. The summed E-state index contributed by atoms with van der Waals surface area (Å²) < 4.78 is 17.3.